The molecule has 3 aromatic rings. The molecule has 9 heteroatoms. The molecule has 0 fully saturated rings. The van der Waals surface area contributed by atoms with Crippen molar-refractivity contribution in [1.29, 1.82) is 0 Å². The van der Waals surface area contributed by atoms with E-state index in [2.05, 4.69) is 11.6 Å². The number of allylic oxidation sites excluding steroid dienone is 1. The van der Waals surface area contributed by atoms with Crippen LogP contribution in [-0.4, -0.2) is 23.8 Å². The first-order valence-corrected chi connectivity index (χ1v) is 12.0. The van der Waals surface area contributed by atoms with Crippen molar-refractivity contribution in [2.24, 2.45) is 4.99 Å². The Kier molecular flexibility index (Phi) is 7.33. The van der Waals surface area contributed by atoms with Gasteiger partial charge in [0.05, 0.1) is 28.5 Å². The third-order valence-corrected chi connectivity index (χ3v) is 6.54. The molecule has 6 nitrogen and oxygen atoms in total. The molecule has 180 valence electrons. The van der Waals surface area contributed by atoms with E-state index in [1.807, 2.05) is 0 Å². The van der Waals surface area contributed by atoms with Crippen LogP contribution in [0.25, 0.3) is 6.08 Å². The van der Waals surface area contributed by atoms with E-state index in [-0.39, 0.29) is 24.3 Å². The highest BCUT2D eigenvalue weighted by molar-refractivity contribution is 7.07. The van der Waals surface area contributed by atoms with Gasteiger partial charge in [0.2, 0.25) is 0 Å². The van der Waals surface area contributed by atoms with Crippen LogP contribution in [0.15, 0.2) is 76.2 Å². The fraction of sp³-hybridized carbons (Fsp3) is 0.192. The van der Waals surface area contributed by atoms with Crippen molar-refractivity contribution in [3.63, 3.8) is 0 Å². The molecule has 35 heavy (non-hydrogen) atoms. The van der Waals surface area contributed by atoms with Gasteiger partial charge in [0, 0.05) is 10.6 Å². The number of benzene rings is 2. The van der Waals surface area contributed by atoms with Crippen LogP contribution in [0.2, 0.25) is 5.02 Å². The number of fused-ring (bicyclic) bond motifs is 1. The molecule has 0 saturated heterocycles. The first-order valence-electron chi connectivity index (χ1n) is 10.8. The van der Waals surface area contributed by atoms with E-state index >= 15 is 0 Å². The van der Waals surface area contributed by atoms with E-state index < -0.39 is 17.8 Å². The summed E-state index contributed by atoms with van der Waals surface area (Å²) in [4.78, 5) is 31.5. The minimum Gasteiger partial charge on any atom is -0.489 e. The average molecular weight is 513 g/mol. The summed E-state index contributed by atoms with van der Waals surface area (Å²) >= 11 is 7.37. The van der Waals surface area contributed by atoms with Gasteiger partial charge in [-0.3, -0.25) is 9.36 Å². The van der Waals surface area contributed by atoms with Crippen LogP contribution in [0.3, 0.4) is 0 Å². The Labute approximate surface area is 209 Å². The number of aromatic nitrogens is 1. The Morgan fingerprint density at radius 1 is 1.29 bits per heavy atom. The average Bonchev–Trinajstić information content (AvgIpc) is 3.12. The summed E-state index contributed by atoms with van der Waals surface area (Å²) in [6, 6.07) is 9.98. The smallest absolute Gasteiger partial charge is 0.338 e. The van der Waals surface area contributed by atoms with Crippen molar-refractivity contribution in [2.75, 3.05) is 13.2 Å². The maximum atomic E-state index is 13.7. The highest BCUT2D eigenvalue weighted by Gasteiger charge is 2.33. The molecule has 0 spiro atoms. The molecule has 2 heterocycles. The third-order valence-electron chi connectivity index (χ3n) is 5.32. The Balaban J connectivity index is 1.94. The van der Waals surface area contributed by atoms with Crippen molar-refractivity contribution < 1.29 is 18.7 Å². The number of halogens is 2. The zero-order valence-corrected chi connectivity index (χ0v) is 20.7. The number of ether oxygens (including phenoxy) is 2. The van der Waals surface area contributed by atoms with E-state index in [1.54, 1.807) is 56.3 Å². The molecule has 1 aromatic heterocycles. The van der Waals surface area contributed by atoms with E-state index in [4.69, 9.17) is 21.1 Å². The van der Waals surface area contributed by atoms with Crippen molar-refractivity contribution >= 4 is 35.0 Å². The number of esters is 1. The summed E-state index contributed by atoms with van der Waals surface area (Å²) in [6.45, 7) is 7.51. The maximum Gasteiger partial charge on any atom is 0.338 e. The minimum absolute atomic E-state index is 0.165. The van der Waals surface area contributed by atoms with Crippen molar-refractivity contribution in [2.45, 2.75) is 19.9 Å². The predicted molar refractivity (Wildman–Crippen MR) is 134 cm³/mol. The topological polar surface area (TPSA) is 69.9 Å². The van der Waals surface area contributed by atoms with E-state index in [0.717, 1.165) is 0 Å². The molecule has 0 N–H and O–H groups in total. The molecule has 4 rings (SSSR count). The quantitative estimate of drug-likeness (QED) is 0.352. The number of carbonyl (C=O) groups is 1. The molecule has 1 aliphatic heterocycles. The van der Waals surface area contributed by atoms with Gasteiger partial charge in [-0.15, -0.1) is 0 Å². The Bertz CT molecular complexity index is 1510. The molecule has 1 atom stereocenters. The normalized spacial score (nSPS) is 15.4. The molecule has 0 radical (unpaired) electrons. The second-order valence-corrected chi connectivity index (χ2v) is 9.08. The first-order chi connectivity index (χ1) is 16.8. The van der Waals surface area contributed by atoms with Crippen molar-refractivity contribution in [1.82, 2.24) is 4.57 Å². The lowest BCUT2D eigenvalue weighted by atomic mass is 9.96. The number of hydrogen-bond donors (Lipinski definition) is 0. The zero-order valence-electron chi connectivity index (χ0n) is 19.1. The fourth-order valence-electron chi connectivity index (χ4n) is 3.81. The van der Waals surface area contributed by atoms with Crippen LogP contribution in [0.4, 0.5) is 4.39 Å². The highest BCUT2D eigenvalue weighted by Crippen LogP contribution is 2.31. The fourth-order valence-corrected chi connectivity index (χ4v) is 5.02. The second kappa shape index (κ2) is 10.4. The SMILES string of the molecule is C=CCOc1ccc(Cl)cc1/C=c1\sc2n(c1=O)[C@@H](c1ccc(F)cc1)C(C(=O)OCC)=C(C)N=2. The minimum atomic E-state index is -0.816. The molecule has 0 bridgehead atoms. The summed E-state index contributed by atoms with van der Waals surface area (Å²) < 4.78 is 26.5. The standard InChI is InChI=1S/C26H22ClFN2O4S/c1-4-12-34-20-11-8-18(27)13-17(20)14-21-24(31)30-23(16-6-9-19(28)10-7-16)22(25(32)33-5-2)15(3)29-26(30)35-21/h4,6-11,13-14,23H,1,5,12H2,2-3H3/b21-14-/t23-/m0/s1. The summed E-state index contributed by atoms with van der Waals surface area (Å²) in [5, 5.41) is 0.486. The van der Waals surface area contributed by atoms with Crippen LogP contribution >= 0.6 is 22.9 Å². The Hall–Kier alpha value is -3.49. The molecule has 2 aromatic carbocycles. The second-order valence-electron chi connectivity index (χ2n) is 7.64. The lowest BCUT2D eigenvalue weighted by Gasteiger charge is -2.24. The van der Waals surface area contributed by atoms with E-state index in [9.17, 15) is 14.0 Å². The van der Waals surface area contributed by atoms with Gasteiger partial charge in [0.15, 0.2) is 4.80 Å². The molecular weight excluding hydrogens is 491 g/mol. The van der Waals surface area contributed by atoms with Crippen LogP contribution in [0, 0.1) is 5.82 Å². The number of nitrogens with zero attached hydrogens (tertiary/aromatic N) is 2. The van der Waals surface area contributed by atoms with E-state index in [1.165, 1.54) is 28.0 Å². The van der Waals surface area contributed by atoms with Crippen LogP contribution in [-0.2, 0) is 9.53 Å². The summed E-state index contributed by atoms with van der Waals surface area (Å²) in [5.41, 5.74) is 1.49. The number of carbonyl (C=O) groups excluding carboxylic acids is 1. The van der Waals surface area contributed by atoms with Gasteiger partial charge < -0.3 is 9.47 Å². The molecule has 0 saturated carbocycles. The lowest BCUT2D eigenvalue weighted by molar-refractivity contribution is -0.139. The Morgan fingerprint density at radius 3 is 2.71 bits per heavy atom. The maximum absolute atomic E-state index is 13.7. The highest BCUT2D eigenvalue weighted by atomic mass is 35.5. The summed E-state index contributed by atoms with van der Waals surface area (Å²) in [6.07, 6.45) is 3.30. The summed E-state index contributed by atoms with van der Waals surface area (Å²) in [5.74, 6) is -0.460. The van der Waals surface area contributed by atoms with E-state index in [0.29, 0.717) is 36.9 Å². The van der Waals surface area contributed by atoms with Gasteiger partial charge in [-0.1, -0.05) is 47.7 Å². The van der Waals surface area contributed by atoms with Crippen LogP contribution in [0.1, 0.15) is 31.0 Å². The van der Waals surface area contributed by atoms with Crippen molar-refractivity contribution in [3.05, 3.63) is 108 Å². The van der Waals surface area contributed by atoms with Crippen molar-refractivity contribution in [3.8, 4) is 5.75 Å². The number of thiazole rings is 1. The molecular formula is C26H22ClFN2O4S. The Morgan fingerprint density at radius 2 is 2.03 bits per heavy atom. The van der Waals surface area contributed by atoms with Gasteiger partial charge in [-0.05, 0) is 55.8 Å². The van der Waals surface area contributed by atoms with Gasteiger partial charge in [-0.25, -0.2) is 14.2 Å². The predicted octanol–water partition coefficient (Wildman–Crippen LogP) is 4.16. The third kappa shape index (κ3) is 4.99. The molecule has 0 aliphatic carbocycles. The van der Waals surface area contributed by atoms with Crippen LogP contribution < -0.4 is 19.6 Å². The zero-order chi connectivity index (χ0) is 25.1. The number of hydrogen-bond acceptors (Lipinski definition) is 6. The van der Waals surface area contributed by atoms with Gasteiger partial charge in [-0.2, -0.15) is 0 Å². The number of rotatable bonds is 7. The largest absolute Gasteiger partial charge is 0.489 e. The van der Waals surface area contributed by atoms with Gasteiger partial charge in [0.25, 0.3) is 5.56 Å². The van der Waals surface area contributed by atoms with Crippen LogP contribution in [0.5, 0.6) is 5.75 Å². The monoisotopic (exact) mass is 512 g/mol. The summed E-state index contributed by atoms with van der Waals surface area (Å²) in [7, 11) is 0. The molecule has 1 aliphatic rings. The first kappa shape index (κ1) is 24.6. The van der Waals surface area contributed by atoms with Gasteiger partial charge >= 0.3 is 5.97 Å². The molecule has 0 amide bonds. The lowest BCUT2D eigenvalue weighted by Crippen LogP contribution is -2.39. The van der Waals surface area contributed by atoms with Gasteiger partial charge in [0.1, 0.15) is 18.2 Å². The molecule has 0 unspecified atom stereocenters.